The molecule has 1 aromatic carbocycles. The Balaban J connectivity index is 1.70. The summed E-state index contributed by atoms with van der Waals surface area (Å²) in [6, 6.07) is 11.7. The average molecular weight is 337 g/mol. The number of anilines is 2. The molecule has 0 fully saturated rings. The number of aromatic nitrogens is 1. The van der Waals surface area contributed by atoms with Crippen molar-refractivity contribution in [3.05, 3.63) is 54.2 Å². The van der Waals surface area contributed by atoms with Crippen molar-refractivity contribution in [1.82, 2.24) is 4.98 Å². The summed E-state index contributed by atoms with van der Waals surface area (Å²) >= 11 is 0. The standard InChI is InChI=1S/C16H18F3N5/c17-16(18,19)12-7-8-14(23-11-12)21-9-4-10-22-15(20)24-13-5-2-1-3-6-13/h1-3,5-8,11H,4,9-10H2,(H,21,23)(H3,20,22,24). The summed E-state index contributed by atoms with van der Waals surface area (Å²) in [4.78, 5) is 7.90. The zero-order valence-corrected chi connectivity index (χ0v) is 12.8. The van der Waals surface area contributed by atoms with Gasteiger partial charge in [-0.15, -0.1) is 0 Å². The minimum absolute atomic E-state index is 0.314. The molecule has 128 valence electrons. The predicted molar refractivity (Wildman–Crippen MR) is 88.9 cm³/mol. The molecule has 0 aliphatic rings. The third kappa shape index (κ3) is 5.79. The van der Waals surface area contributed by atoms with E-state index in [4.69, 9.17) is 5.73 Å². The summed E-state index contributed by atoms with van der Waals surface area (Å²) in [6.07, 6.45) is -2.90. The summed E-state index contributed by atoms with van der Waals surface area (Å²) in [5.41, 5.74) is 5.84. The Morgan fingerprint density at radius 2 is 1.88 bits per heavy atom. The van der Waals surface area contributed by atoms with Crippen molar-refractivity contribution in [3.8, 4) is 0 Å². The van der Waals surface area contributed by atoms with E-state index in [2.05, 4.69) is 20.6 Å². The van der Waals surface area contributed by atoms with Crippen LogP contribution in [0.1, 0.15) is 12.0 Å². The van der Waals surface area contributed by atoms with Crippen LogP contribution in [0.3, 0.4) is 0 Å². The van der Waals surface area contributed by atoms with Gasteiger partial charge in [0.25, 0.3) is 0 Å². The molecule has 1 heterocycles. The number of nitrogens with one attached hydrogen (secondary N) is 2. The first-order chi connectivity index (χ1) is 11.4. The minimum Gasteiger partial charge on any atom is -0.370 e. The van der Waals surface area contributed by atoms with Crippen LogP contribution in [0.4, 0.5) is 24.7 Å². The zero-order chi connectivity index (χ0) is 17.4. The Labute approximate surface area is 137 Å². The fourth-order valence-electron chi connectivity index (χ4n) is 1.87. The second kappa shape index (κ2) is 8.19. The first-order valence-corrected chi connectivity index (χ1v) is 7.34. The number of para-hydroxylation sites is 1. The van der Waals surface area contributed by atoms with Crippen LogP contribution < -0.4 is 16.4 Å². The molecule has 0 spiro atoms. The van der Waals surface area contributed by atoms with Gasteiger partial charge in [0.15, 0.2) is 5.96 Å². The van der Waals surface area contributed by atoms with E-state index >= 15 is 0 Å². The second-order valence-corrected chi connectivity index (χ2v) is 4.97. The van der Waals surface area contributed by atoms with Gasteiger partial charge in [-0.25, -0.2) is 4.98 Å². The third-order valence-corrected chi connectivity index (χ3v) is 3.06. The minimum atomic E-state index is -4.37. The lowest BCUT2D eigenvalue weighted by atomic mass is 10.3. The highest BCUT2D eigenvalue weighted by atomic mass is 19.4. The van der Waals surface area contributed by atoms with E-state index in [0.29, 0.717) is 31.3 Å². The third-order valence-electron chi connectivity index (χ3n) is 3.06. The van der Waals surface area contributed by atoms with Crippen molar-refractivity contribution in [2.24, 2.45) is 10.7 Å². The van der Waals surface area contributed by atoms with Gasteiger partial charge < -0.3 is 16.4 Å². The van der Waals surface area contributed by atoms with Crippen molar-refractivity contribution in [2.75, 3.05) is 23.7 Å². The van der Waals surface area contributed by atoms with E-state index in [1.807, 2.05) is 30.3 Å². The second-order valence-electron chi connectivity index (χ2n) is 4.97. The number of nitrogens with two attached hydrogens (primary N) is 1. The SMILES string of the molecule is NC(=NCCCNc1ccc(C(F)(F)F)cn1)Nc1ccccc1. The Morgan fingerprint density at radius 3 is 2.50 bits per heavy atom. The van der Waals surface area contributed by atoms with Crippen LogP contribution in [0.25, 0.3) is 0 Å². The van der Waals surface area contributed by atoms with E-state index in [1.54, 1.807) is 0 Å². The van der Waals surface area contributed by atoms with E-state index in [9.17, 15) is 13.2 Å². The van der Waals surface area contributed by atoms with E-state index in [0.717, 1.165) is 18.0 Å². The highest BCUT2D eigenvalue weighted by Gasteiger charge is 2.30. The Hall–Kier alpha value is -2.77. The van der Waals surface area contributed by atoms with Gasteiger partial charge in [0.05, 0.1) is 5.56 Å². The zero-order valence-electron chi connectivity index (χ0n) is 12.8. The summed E-state index contributed by atoms with van der Waals surface area (Å²) in [5, 5.41) is 5.90. The van der Waals surface area contributed by atoms with Crippen LogP contribution in [0.15, 0.2) is 53.7 Å². The van der Waals surface area contributed by atoms with Crippen LogP contribution >= 0.6 is 0 Å². The molecule has 24 heavy (non-hydrogen) atoms. The van der Waals surface area contributed by atoms with Gasteiger partial charge in [-0.3, -0.25) is 4.99 Å². The van der Waals surface area contributed by atoms with Crippen LogP contribution in [0.2, 0.25) is 0 Å². The number of rotatable bonds is 6. The lowest BCUT2D eigenvalue weighted by molar-refractivity contribution is -0.137. The van der Waals surface area contributed by atoms with Crippen molar-refractivity contribution in [1.29, 1.82) is 0 Å². The van der Waals surface area contributed by atoms with E-state index < -0.39 is 11.7 Å². The number of nitrogens with zero attached hydrogens (tertiary/aromatic N) is 2. The molecular formula is C16H18F3N5. The molecule has 4 N–H and O–H groups in total. The van der Waals surface area contributed by atoms with Crippen molar-refractivity contribution in [3.63, 3.8) is 0 Å². The summed E-state index contributed by atoms with van der Waals surface area (Å²) in [7, 11) is 0. The van der Waals surface area contributed by atoms with Crippen LogP contribution in [-0.2, 0) is 6.18 Å². The number of benzene rings is 1. The molecule has 0 atom stereocenters. The molecule has 2 aromatic rings. The maximum absolute atomic E-state index is 12.4. The fraction of sp³-hybridized carbons (Fsp3) is 0.250. The molecule has 2 rings (SSSR count). The number of hydrogen-bond acceptors (Lipinski definition) is 3. The molecule has 0 aliphatic carbocycles. The van der Waals surface area contributed by atoms with Gasteiger partial charge in [0, 0.05) is 25.0 Å². The number of halogens is 3. The molecule has 0 unspecified atom stereocenters. The van der Waals surface area contributed by atoms with Crippen molar-refractivity contribution in [2.45, 2.75) is 12.6 Å². The van der Waals surface area contributed by atoms with Gasteiger partial charge in [0.1, 0.15) is 5.82 Å². The van der Waals surface area contributed by atoms with Crippen LogP contribution in [-0.4, -0.2) is 24.0 Å². The van der Waals surface area contributed by atoms with Crippen LogP contribution in [0, 0.1) is 0 Å². The normalized spacial score (nSPS) is 12.0. The summed E-state index contributed by atoms with van der Waals surface area (Å²) < 4.78 is 37.2. The summed E-state index contributed by atoms with van der Waals surface area (Å²) in [5.74, 6) is 0.705. The number of aliphatic imine (C=N–C) groups is 1. The average Bonchev–Trinajstić information content (AvgIpc) is 2.55. The Bertz CT molecular complexity index is 654. The quantitative estimate of drug-likeness (QED) is 0.429. The van der Waals surface area contributed by atoms with Gasteiger partial charge in [-0.1, -0.05) is 18.2 Å². The van der Waals surface area contributed by atoms with Gasteiger partial charge in [-0.2, -0.15) is 13.2 Å². The molecule has 1 aromatic heterocycles. The maximum Gasteiger partial charge on any atom is 0.417 e. The Kier molecular flexibility index (Phi) is 6.00. The first kappa shape index (κ1) is 17.6. The molecule has 0 aliphatic heterocycles. The topological polar surface area (TPSA) is 75.3 Å². The first-order valence-electron chi connectivity index (χ1n) is 7.34. The lowest BCUT2D eigenvalue weighted by Crippen LogP contribution is -2.23. The highest BCUT2D eigenvalue weighted by molar-refractivity contribution is 5.92. The molecule has 0 amide bonds. The van der Waals surface area contributed by atoms with E-state index in [1.165, 1.54) is 6.07 Å². The molecule has 0 radical (unpaired) electrons. The molecule has 5 nitrogen and oxygen atoms in total. The maximum atomic E-state index is 12.4. The monoisotopic (exact) mass is 337 g/mol. The number of hydrogen-bond donors (Lipinski definition) is 3. The highest BCUT2D eigenvalue weighted by Crippen LogP contribution is 2.28. The van der Waals surface area contributed by atoms with Gasteiger partial charge in [-0.05, 0) is 30.7 Å². The lowest BCUT2D eigenvalue weighted by Gasteiger charge is -2.08. The molecule has 8 heteroatoms. The van der Waals surface area contributed by atoms with Crippen molar-refractivity contribution < 1.29 is 13.2 Å². The van der Waals surface area contributed by atoms with Crippen LogP contribution in [0.5, 0.6) is 0 Å². The number of alkyl halides is 3. The largest absolute Gasteiger partial charge is 0.417 e. The molecule has 0 saturated heterocycles. The molecule has 0 saturated carbocycles. The van der Waals surface area contributed by atoms with Gasteiger partial charge in [0.2, 0.25) is 0 Å². The number of pyridine rings is 1. The number of guanidine groups is 1. The van der Waals surface area contributed by atoms with Crippen molar-refractivity contribution >= 4 is 17.5 Å². The van der Waals surface area contributed by atoms with Gasteiger partial charge >= 0.3 is 6.18 Å². The van der Waals surface area contributed by atoms with E-state index in [-0.39, 0.29) is 0 Å². The predicted octanol–water partition coefficient (Wildman–Crippen LogP) is 3.33. The molecule has 0 bridgehead atoms. The summed E-state index contributed by atoms with van der Waals surface area (Å²) in [6.45, 7) is 1.01. The Morgan fingerprint density at radius 1 is 1.12 bits per heavy atom. The fourth-order valence-corrected chi connectivity index (χ4v) is 1.87. The smallest absolute Gasteiger partial charge is 0.370 e. The molecular weight excluding hydrogens is 319 g/mol.